The van der Waals surface area contributed by atoms with Crippen LogP contribution in [0, 0.1) is 0 Å². The summed E-state index contributed by atoms with van der Waals surface area (Å²) in [6.45, 7) is -0.453. The van der Waals surface area contributed by atoms with Gasteiger partial charge in [0, 0.05) is 12.6 Å². The Morgan fingerprint density at radius 2 is 1.91 bits per heavy atom. The van der Waals surface area contributed by atoms with Crippen molar-refractivity contribution >= 4 is 21.7 Å². The Morgan fingerprint density at radius 3 is 2.52 bits per heavy atom. The lowest BCUT2D eigenvalue weighted by atomic mass is 9.95. The van der Waals surface area contributed by atoms with Gasteiger partial charge in [0.05, 0.1) is 17.9 Å². The van der Waals surface area contributed by atoms with Gasteiger partial charge in [0.15, 0.2) is 0 Å². The van der Waals surface area contributed by atoms with Gasteiger partial charge in [-0.1, -0.05) is 19.3 Å². The molecule has 0 spiro atoms. The van der Waals surface area contributed by atoms with E-state index in [2.05, 4.69) is 10.0 Å². The van der Waals surface area contributed by atoms with E-state index in [4.69, 9.17) is 10.2 Å². The van der Waals surface area contributed by atoms with Gasteiger partial charge in [-0.3, -0.25) is 0 Å². The first-order valence-electron chi connectivity index (χ1n) is 7.68. The summed E-state index contributed by atoms with van der Waals surface area (Å²) in [7, 11) is -3.90. The van der Waals surface area contributed by atoms with Crippen molar-refractivity contribution in [2.45, 2.75) is 43.0 Å². The number of benzene rings is 1. The SMILES string of the molecule is O=C(O)c1ccc(NC2CCCCC2)c(S(=O)(=O)NCCO)c1. The number of aliphatic hydroxyl groups excluding tert-OH is 1. The van der Waals surface area contributed by atoms with Crippen molar-refractivity contribution in [3.8, 4) is 0 Å². The van der Waals surface area contributed by atoms with Crippen LogP contribution in [0.25, 0.3) is 0 Å². The first kappa shape index (κ1) is 17.7. The van der Waals surface area contributed by atoms with Crippen molar-refractivity contribution in [1.82, 2.24) is 4.72 Å². The Balaban J connectivity index is 2.34. The molecular weight excluding hydrogens is 320 g/mol. The van der Waals surface area contributed by atoms with E-state index in [1.807, 2.05) is 0 Å². The molecule has 4 N–H and O–H groups in total. The maximum absolute atomic E-state index is 12.4. The number of carboxylic acid groups (broad SMARTS) is 1. The first-order chi connectivity index (χ1) is 10.9. The molecule has 7 nitrogen and oxygen atoms in total. The van der Waals surface area contributed by atoms with Crippen LogP contribution in [0.5, 0.6) is 0 Å². The van der Waals surface area contributed by atoms with E-state index in [0.717, 1.165) is 31.7 Å². The van der Waals surface area contributed by atoms with Gasteiger partial charge in [-0.05, 0) is 31.0 Å². The molecule has 1 saturated carbocycles. The molecule has 0 heterocycles. The van der Waals surface area contributed by atoms with Gasteiger partial charge < -0.3 is 15.5 Å². The summed E-state index contributed by atoms with van der Waals surface area (Å²) in [5.41, 5.74) is 0.302. The zero-order valence-electron chi connectivity index (χ0n) is 12.8. The van der Waals surface area contributed by atoms with E-state index in [-0.39, 0.29) is 29.7 Å². The Hall–Kier alpha value is -1.64. The van der Waals surface area contributed by atoms with Gasteiger partial charge >= 0.3 is 5.97 Å². The normalized spacial score (nSPS) is 16.2. The molecule has 1 fully saturated rings. The standard InChI is InChI=1S/C15H22N2O5S/c18-9-8-16-23(21,22)14-10-11(15(19)20)6-7-13(14)17-12-4-2-1-3-5-12/h6-7,10,12,16-18H,1-5,8-9H2,(H,19,20). The van der Waals surface area contributed by atoms with E-state index >= 15 is 0 Å². The third kappa shape index (κ3) is 4.66. The zero-order chi connectivity index (χ0) is 16.9. The molecule has 23 heavy (non-hydrogen) atoms. The molecule has 0 atom stereocenters. The van der Waals surface area contributed by atoms with Crippen LogP contribution in [0.15, 0.2) is 23.1 Å². The molecule has 0 aromatic heterocycles. The highest BCUT2D eigenvalue weighted by molar-refractivity contribution is 7.89. The van der Waals surface area contributed by atoms with Crippen LogP contribution < -0.4 is 10.0 Å². The molecule has 0 aliphatic heterocycles. The Kier molecular flexibility index (Phi) is 5.97. The molecule has 1 aromatic rings. The zero-order valence-corrected chi connectivity index (χ0v) is 13.6. The van der Waals surface area contributed by atoms with Crippen LogP contribution in [0.4, 0.5) is 5.69 Å². The number of carboxylic acids is 1. The molecular formula is C15H22N2O5S. The third-order valence-electron chi connectivity index (χ3n) is 3.89. The van der Waals surface area contributed by atoms with Crippen molar-refractivity contribution in [1.29, 1.82) is 0 Å². The highest BCUT2D eigenvalue weighted by Gasteiger charge is 2.22. The fourth-order valence-corrected chi connectivity index (χ4v) is 3.94. The second-order valence-electron chi connectivity index (χ2n) is 5.62. The van der Waals surface area contributed by atoms with Crippen molar-refractivity contribution in [3.05, 3.63) is 23.8 Å². The summed E-state index contributed by atoms with van der Waals surface area (Å²) in [6, 6.07) is 4.21. The summed E-state index contributed by atoms with van der Waals surface area (Å²) in [5, 5.41) is 21.1. The smallest absolute Gasteiger partial charge is 0.335 e. The molecule has 128 valence electrons. The number of nitrogens with one attached hydrogen (secondary N) is 2. The van der Waals surface area contributed by atoms with E-state index in [0.29, 0.717) is 5.69 Å². The molecule has 1 aliphatic carbocycles. The molecule has 0 bridgehead atoms. The Labute approximate surface area is 135 Å². The van der Waals surface area contributed by atoms with Crippen molar-refractivity contribution in [2.75, 3.05) is 18.5 Å². The first-order valence-corrected chi connectivity index (χ1v) is 9.17. The number of anilines is 1. The van der Waals surface area contributed by atoms with Crippen molar-refractivity contribution in [3.63, 3.8) is 0 Å². The predicted octanol–water partition coefficient (Wildman–Crippen LogP) is 1.40. The number of sulfonamides is 1. The van der Waals surface area contributed by atoms with Crippen LogP contribution in [0.2, 0.25) is 0 Å². The molecule has 0 amide bonds. The quantitative estimate of drug-likeness (QED) is 0.595. The number of carbonyl (C=O) groups is 1. The van der Waals surface area contributed by atoms with Crippen molar-refractivity contribution in [2.24, 2.45) is 0 Å². The van der Waals surface area contributed by atoms with Crippen LogP contribution in [-0.2, 0) is 10.0 Å². The summed E-state index contributed by atoms with van der Waals surface area (Å²) < 4.78 is 27.0. The number of rotatable bonds is 7. The highest BCUT2D eigenvalue weighted by atomic mass is 32.2. The highest BCUT2D eigenvalue weighted by Crippen LogP contribution is 2.27. The molecule has 8 heteroatoms. The summed E-state index contributed by atoms with van der Waals surface area (Å²) in [4.78, 5) is 11.0. The number of aromatic carboxylic acids is 1. The third-order valence-corrected chi connectivity index (χ3v) is 5.39. The lowest BCUT2D eigenvalue weighted by molar-refractivity contribution is 0.0696. The summed E-state index contributed by atoms with van der Waals surface area (Å²) in [6.07, 6.45) is 5.29. The summed E-state index contributed by atoms with van der Waals surface area (Å²) in [5.74, 6) is -1.19. The van der Waals surface area contributed by atoms with Gasteiger partial charge in [-0.2, -0.15) is 0 Å². The fourth-order valence-electron chi connectivity index (χ4n) is 2.72. The van der Waals surface area contributed by atoms with Crippen molar-refractivity contribution < 1.29 is 23.4 Å². The minimum absolute atomic E-state index is 0.0939. The maximum atomic E-state index is 12.4. The largest absolute Gasteiger partial charge is 0.478 e. The number of hydrogen-bond acceptors (Lipinski definition) is 5. The molecule has 2 rings (SSSR count). The Morgan fingerprint density at radius 1 is 1.22 bits per heavy atom. The topological polar surface area (TPSA) is 116 Å². The molecule has 0 radical (unpaired) electrons. The van der Waals surface area contributed by atoms with Gasteiger partial charge in [-0.15, -0.1) is 0 Å². The maximum Gasteiger partial charge on any atom is 0.335 e. The lowest BCUT2D eigenvalue weighted by Gasteiger charge is -2.25. The van der Waals surface area contributed by atoms with Crippen LogP contribution in [-0.4, -0.2) is 43.8 Å². The molecule has 0 saturated heterocycles. The molecule has 1 aliphatic rings. The molecule has 0 unspecified atom stereocenters. The average molecular weight is 342 g/mol. The predicted molar refractivity (Wildman–Crippen MR) is 86.2 cm³/mol. The monoisotopic (exact) mass is 342 g/mol. The number of aliphatic hydroxyl groups is 1. The second-order valence-corrected chi connectivity index (χ2v) is 7.35. The van der Waals surface area contributed by atoms with Crippen LogP contribution in [0.3, 0.4) is 0 Å². The Bertz CT molecular complexity index is 654. The number of hydrogen-bond donors (Lipinski definition) is 4. The second kappa shape index (κ2) is 7.76. The fraction of sp³-hybridized carbons (Fsp3) is 0.533. The minimum Gasteiger partial charge on any atom is -0.478 e. The van der Waals surface area contributed by atoms with E-state index in [1.165, 1.54) is 18.6 Å². The van der Waals surface area contributed by atoms with Gasteiger partial charge in [0.25, 0.3) is 0 Å². The minimum atomic E-state index is -3.90. The lowest BCUT2D eigenvalue weighted by Crippen LogP contribution is -2.29. The molecule has 1 aromatic carbocycles. The van der Waals surface area contributed by atoms with Gasteiger partial charge in [-0.25, -0.2) is 17.9 Å². The van der Waals surface area contributed by atoms with Gasteiger partial charge in [0.1, 0.15) is 4.90 Å². The summed E-state index contributed by atoms with van der Waals surface area (Å²) >= 11 is 0. The average Bonchev–Trinajstić information content (AvgIpc) is 2.54. The van der Waals surface area contributed by atoms with Crippen LogP contribution in [0.1, 0.15) is 42.5 Å². The van der Waals surface area contributed by atoms with E-state index < -0.39 is 16.0 Å². The van der Waals surface area contributed by atoms with Gasteiger partial charge in [0.2, 0.25) is 10.0 Å². The van der Waals surface area contributed by atoms with E-state index in [1.54, 1.807) is 0 Å². The van der Waals surface area contributed by atoms with Crippen LogP contribution >= 0.6 is 0 Å². The van der Waals surface area contributed by atoms with E-state index in [9.17, 15) is 13.2 Å².